The molecule has 0 N–H and O–H groups in total. The van der Waals surface area contributed by atoms with E-state index in [-0.39, 0.29) is 0 Å². The van der Waals surface area contributed by atoms with Crippen LogP contribution >= 0.6 is 22.6 Å². The van der Waals surface area contributed by atoms with Crippen molar-refractivity contribution in [2.75, 3.05) is 11.0 Å². The molecule has 0 amide bonds. The fourth-order valence-corrected chi connectivity index (χ4v) is 4.01. The van der Waals surface area contributed by atoms with Crippen molar-refractivity contribution in [1.82, 2.24) is 0 Å². The molecule has 42 heavy (non-hydrogen) atoms. The second-order valence-electron chi connectivity index (χ2n) is 8.74. The summed E-state index contributed by atoms with van der Waals surface area (Å²) in [6, 6.07) is 31.5. The third-order valence-electron chi connectivity index (χ3n) is 5.84. The summed E-state index contributed by atoms with van der Waals surface area (Å²) in [6.07, 6.45) is 5.23. The largest absolute Gasteiger partial charge is 0.491 e. The Kier molecular flexibility index (Phi) is 11.5. The minimum Gasteiger partial charge on any atom is -0.491 e. The summed E-state index contributed by atoms with van der Waals surface area (Å²) in [7, 11) is 0. The highest BCUT2D eigenvalue weighted by Crippen LogP contribution is 2.22. The lowest BCUT2D eigenvalue weighted by Crippen LogP contribution is -2.01. The van der Waals surface area contributed by atoms with Gasteiger partial charge in [0.05, 0.1) is 12.2 Å². The van der Waals surface area contributed by atoms with Crippen molar-refractivity contribution in [3.8, 4) is 53.1 Å². The van der Waals surface area contributed by atoms with E-state index in [4.69, 9.17) is 4.74 Å². The lowest BCUT2D eigenvalue weighted by Gasteiger charge is -2.08. The minimum absolute atomic E-state index is 0.575. The number of alkyl halides is 1. The molecule has 0 atom stereocenters. The summed E-state index contributed by atoms with van der Waals surface area (Å²) in [6.45, 7) is 8.14. The van der Waals surface area contributed by atoms with Gasteiger partial charge in [-0.1, -0.05) is 144 Å². The molecule has 4 rings (SSSR count). The average molecular weight is 651 g/mol. The van der Waals surface area contributed by atoms with E-state index in [0.717, 1.165) is 48.9 Å². The van der Waals surface area contributed by atoms with Crippen molar-refractivity contribution in [3.63, 3.8) is 0 Å². The normalized spacial score (nSPS) is 9.79. The number of ether oxygens (including phenoxy) is 1. The number of rotatable bonds is 5. The molecule has 0 unspecified atom stereocenters. The van der Waals surface area contributed by atoms with E-state index in [1.807, 2.05) is 103 Å². The molecule has 0 radical (unpaired) electrons. The molecule has 0 saturated carbocycles. The molecule has 0 fully saturated rings. The second-order valence-corrected chi connectivity index (χ2v) is 9.81. The van der Waals surface area contributed by atoms with Crippen LogP contribution in [0, 0.1) is 47.4 Å². The molecule has 0 heterocycles. The van der Waals surface area contributed by atoms with E-state index in [2.05, 4.69) is 83.1 Å². The van der Waals surface area contributed by atoms with Crippen LogP contribution in [0.4, 0.5) is 0 Å². The van der Waals surface area contributed by atoms with Crippen LogP contribution in [0.1, 0.15) is 38.9 Å². The Morgan fingerprint density at radius 1 is 0.619 bits per heavy atom. The molecular formula is C40H27IO. The summed E-state index contributed by atoms with van der Waals surface area (Å²) < 4.78 is 6.93. The molecule has 0 saturated heterocycles. The van der Waals surface area contributed by atoms with Gasteiger partial charge in [-0.3, -0.25) is 0 Å². The van der Waals surface area contributed by atoms with Gasteiger partial charge in [0.1, 0.15) is 5.75 Å². The molecule has 0 aliphatic heterocycles. The lowest BCUT2D eigenvalue weighted by atomic mass is 10.0. The molecule has 0 aliphatic rings. The highest BCUT2D eigenvalue weighted by atomic mass is 127. The number of hydrogen-bond acceptors (Lipinski definition) is 1. The monoisotopic (exact) mass is 650 g/mol. The summed E-state index contributed by atoms with van der Waals surface area (Å²) in [5, 5.41) is 0. The van der Waals surface area contributed by atoms with E-state index in [9.17, 15) is 0 Å². The van der Waals surface area contributed by atoms with Crippen molar-refractivity contribution in [2.24, 2.45) is 0 Å². The van der Waals surface area contributed by atoms with Gasteiger partial charge in [-0.25, -0.2) is 0 Å². The zero-order valence-electron chi connectivity index (χ0n) is 23.1. The van der Waals surface area contributed by atoms with Crippen LogP contribution in [0.2, 0.25) is 0 Å². The quantitative estimate of drug-likeness (QED) is 0.0914. The molecule has 0 bridgehead atoms. The first kappa shape index (κ1) is 29.8. The summed E-state index contributed by atoms with van der Waals surface area (Å²) >= 11 is 2.30. The standard InChI is InChI=1S/C40H27IO/c1-3-13-32(4-2)22-24-34-16-9-11-19-37(34)28-29-39-38(20-12-21-40(39)42-31-30-41)27-26-36-18-10-8-17-35(36)25-23-33-14-6-5-7-15-33/h3-21H,1-2,30-31H2. The van der Waals surface area contributed by atoms with Gasteiger partial charge in [0.25, 0.3) is 0 Å². The Hall–Kier alpha value is -5.13. The van der Waals surface area contributed by atoms with Crippen LogP contribution in [0.5, 0.6) is 5.75 Å². The van der Waals surface area contributed by atoms with Gasteiger partial charge in [0, 0.05) is 43.4 Å². The van der Waals surface area contributed by atoms with Gasteiger partial charge in [-0.2, -0.15) is 0 Å². The van der Waals surface area contributed by atoms with E-state index in [1.54, 1.807) is 12.2 Å². The fraction of sp³-hybridized carbons (Fsp3) is 0.0500. The summed E-state index contributed by atoms with van der Waals surface area (Å²) in [4.78, 5) is 0. The predicted molar refractivity (Wildman–Crippen MR) is 183 cm³/mol. The van der Waals surface area contributed by atoms with Crippen LogP contribution in [0.25, 0.3) is 0 Å². The van der Waals surface area contributed by atoms with Crippen LogP contribution in [-0.2, 0) is 0 Å². The maximum absolute atomic E-state index is 6.07. The van der Waals surface area contributed by atoms with Gasteiger partial charge in [0.15, 0.2) is 0 Å². The van der Waals surface area contributed by atoms with Gasteiger partial charge >= 0.3 is 0 Å². The van der Waals surface area contributed by atoms with Gasteiger partial charge in [-0.15, -0.1) is 0 Å². The fourth-order valence-electron chi connectivity index (χ4n) is 3.79. The first-order valence-electron chi connectivity index (χ1n) is 13.3. The predicted octanol–water partition coefficient (Wildman–Crippen LogP) is 8.35. The number of halogens is 1. The Balaban J connectivity index is 1.75. The first-order chi connectivity index (χ1) is 20.7. The van der Waals surface area contributed by atoms with E-state index in [1.165, 1.54) is 0 Å². The van der Waals surface area contributed by atoms with Crippen LogP contribution < -0.4 is 4.74 Å². The molecule has 2 heteroatoms. The SMILES string of the molecule is C=CC=C(C#Cc1ccccc1C#Cc1c(C#Cc2ccccc2C#Cc2ccccc2)cccc1OCCI)C=C. The molecule has 1 nitrogen and oxygen atoms in total. The highest BCUT2D eigenvalue weighted by molar-refractivity contribution is 14.1. The Morgan fingerprint density at radius 3 is 1.79 bits per heavy atom. The van der Waals surface area contributed by atoms with E-state index < -0.39 is 0 Å². The van der Waals surface area contributed by atoms with Crippen molar-refractivity contribution in [2.45, 2.75) is 0 Å². The maximum Gasteiger partial charge on any atom is 0.136 e. The average Bonchev–Trinajstić information content (AvgIpc) is 3.04. The van der Waals surface area contributed by atoms with E-state index in [0.29, 0.717) is 12.4 Å². The number of hydrogen-bond donors (Lipinski definition) is 0. The van der Waals surface area contributed by atoms with Gasteiger partial charge in [-0.05, 0) is 54.6 Å². The van der Waals surface area contributed by atoms with Crippen molar-refractivity contribution in [1.29, 1.82) is 0 Å². The first-order valence-corrected chi connectivity index (χ1v) is 14.8. The summed E-state index contributed by atoms with van der Waals surface area (Å²) in [5.41, 5.74) is 6.63. The smallest absolute Gasteiger partial charge is 0.136 e. The second kappa shape index (κ2) is 16.2. The molecule has 4 aromatic carbocycles. The zero-order chi connectivity index (χ0) is 29.4. The Morgan fingerprint density at radius 2 is 1.17 bits per heavy atom. The van der Waals surface area contributed by atoms with Gasteiger partial charge < -0.3 is 4.74 Å². The molecule has 200 valence electrons. The molecule has 0 aliphatic carbocycles. The number of allylic oxidation sites excluding steroid dienone is 4. The molecule has 4 aromatic rings. The van der Waals surface area contributed by atoms with Crippen molar-refractivity contribution >= 4 is 22.6 Å². The summed E-state index contributed by atoms with van der Waals surface area (Å²) in [5.74, 6) is 26.9. The van der Waals surface area contributed by atoms with Crippen LogP contribution in [0.3, 0.4) is 0 Å². The Labute approximate surface area is 263 Å². The Bertz CT molecular complexity index is 1860. The lowest BCUT2D eigenvalue weighted by molar-refractivity contribution is 0.345. The van der Waals surface area contributed by atoms with Crippen molar-refractivity contribution in [3.05, 3.63) is 173 Å². The number of benzene rings is 4. The third-order valence-corrected chi connectivity index (χ3v) is 6.28. The van der Waals surface area contributed by atoms with E-state index >= 15 is 0 Å². The topological polar surface area (TPSA) is 9.23 Å². The van der Waals surface area contributed by atoms with Gasteiger partial charge in [0.2, 0.25) is 0 Å². The third kappa shape index (κ3) is 8.68. The zero-order valence-corrected chi connectivity index (χ0v) is 25.2. The van der Waals surface area contributed by atoms with Crippen LogP contribution in [-0.4, -0.2) is 11.0 Å². The molecule has 0 spiro atoms. The van der Waals surface area contributed by atoms with Crippen LogP contribution in [0.15, 0.2) is 134 Å². The molecular weight excluding hydrogens is 623 g/mol. The minimum atomic E-state index is 0.575. The maximum atomic E-state index is 6.07. The highest BCUT2D eigenvalue weighted by Gasteiger charge is 2.07. The van der Waals surface area contributed by atoms with Crippen molar-refractivity contribution < 1.29 is 4.74 Å². The molecule has 0 aromatic heterocycles.